The van der Waals surface area contributed by atoms with Gasteiger partial charge in [0, 0.05) is 0 Å². The van der Waals surface area contributed by atoms with E-state index in [9.17, 15) is 4.79 Å². The third-order valence-corrected chi connectivity index (χ3v) is 5.15. The van der Waals surface area contributed by atoms with Crippen LogP contribution in [0.5, 0.6) is 5.75 Å². The number of carbonyl (C=O) groups excluding carboxylic acids is 1. The van der Waals surface area contributed by atoms with E-state index in [1.165, 1.54) is 11.3 Å². The fourth-order valence-corrected chi connectivity index (χ4v) is 3.46. The van der Waals surface area contributed by atoms with Crippen molar-refractivity contribution in [2.24, 2.45) is 0 Å². The number of hydrogen-bond acceptors (Lipinski definition) is 6. The number of halogens is 2. The molecule has 9 heteroatoms. The summed E-state index contributed by atoms with van der Waals surface area (Å²) in [7, 11) is 0. The van der Waals surface area contributed by atoms with E-state index in [-0.39, 0.29) is 10.9 Å². The first-order valence-corrected chi connectivity index (χ1v) is 8.95. The number of ether oxygens (including phenoxy) is 1. The van der Waals surface area contributed by atoms with Crippen LogP contribution < -0.4 is 10.1 Å². The number of benzene rings is 1. The molecule has 1 aromatic carbocycles. The second-order valence-corrected chi connectivity index (χ2v) is 7.38. The molecule has 0 aliphatic carbocycles. The Morgan fingerprint density at radius 2 is 2.23 bits per heavy atom. The number of hydrogen-bond donors (Lipinski definition) is 1. The van der Waals surface area contributed by atoms with Crippen molar-refractivity contribution in [1.29, 1.82) is 0 Å². The zero-order chi connectivity index (χ0) is 16.1. The Hall–Kier alpha value is -1.02. The predicted molar refractivity (Wildman–Crippen MR) is 91.5 cm³/mol. The van der Waals surface area contributed by atoms with Crippen LogP contribution in [0.3, 0.4) is 0 Å². The molecule has 22 heavy (non-hydrogen) atoms. The maximum atomic E-state index is 12.1. The van der Waals surface area contributed by atoms with Crippen molar-refractivity contribution in [1.82, 2.24) is 10.2 Å². The van der Waals surface area contributed by atoms with Gasteiger partial charge in [0.1, 0.15) is 10.8 Å². The van der Waals surface area contributed by atoms with Crippen LogP contribution in [0, 0.1) is 0 Å². The average Bonchev–Trinajstić information content (AvgIpc) is 2.91. The minimum absolute atomic E-state index is 0.279. The lowest BCUT2D eigenvalue weighted by molar-refractivity contribution is -0.122. The summed E-state index contributed by atoms with van der Waals surface area (Å²) in [5, 5.41) is 11.6. The molecule has 5 nitrogen and oxygen atoms in total. The average molecular weight is 378 g/mol. The molecule has 1 unspecified atom stereocenters. The molecular formula is C13H13Cl2N3O2S2. The van der Waals surface area contributed by atoms with E-state index < -0.39 is 6.10 Å². The van der Waals surface area contributed by atoms with Crippen LogP contribution in [0.2, 0.25) is 10.0 Å². The monoisotopic (exact) mass is 377 g/mol. The van der Waals surface area contributed by atoms with E-state index in [1.807, 2.05) is 6.92 Å². The Kier molecular flexibility index (Phi) is 6.31. The Labute approximate surface area is 146 Å². The van der Waals surface area contributed by atoms with Gasteiger partial charge in [-0.05, 0) is 24.8 Å². The summed E-state index contributed by atoms with van der Waals surface area (Å²) in [6.45, 7) is 3.64. The largest absolute Gasteiger partial charge is 0.479 e. The summed E-state index contributed by atoms with van der Waals surface area (Å²) in [6, 6.07) is 5.00. The molecule has 1 heterocycles. The molecule has 0 bridgehead atoms. The first-order chi connectivity index (χ1) is 10.5. The van der Waals surface area contributed by atoms with Gasteiger partial charge in [-0.3, -0.25) is 10.1 Å². The lowest BCUT2D eigenvalue weighted by Crippen LogP contribution is -2.30. The van der Waals surface area contributed by atoms with E-state index >= 15 is 0 Å². The number of thioether (sulfide) groups is 1. The topological polar surface area (TPSA) is 64.1 Å². The molecule has 1 aromatic heterocycles. The molecule has 1 amide bonds. The van der Waals surface area contributed by atoms with Crippen molar-refractivity contribution in [3.63, 3.8) is 0 Å². The minimum atomic E-state index is -0.748. The van der Waals surface area contributed by atoms with E-state index in [0.717, 1.165) is 10.1 Å². The molecule has 0 saturated heterocycles. The van der Waals surface area contributed by atoms with Gasteiger partial charge in [0.05, 0.1) is 5.02 Å². The van der Waals surface area contributed by atoms with Crippen LogP contribution in [0.25, 0.3) is 0 Å². The molecule has 0 spiro atoms. The van der Waals surface area contributed by atoms with Gasteiger partial charge < -0.3 is 4.74 Å². The van der Waals surface area contributed by atoms with Gasteiger partial charge in [-0.2, -0.15) is 0 Å². The maximum Gasteiger partial charge on any atom is 0.266 e. The molecule has 2 aromatic rings. The molecule has 0 saturated carbocycles. The second-order valence-electron chi connectivity index (χ2n) is 4.11. The van der Waals surface area contributed by atoms with Gasteiger partial charge >= 0.3 is 0 Å². The Bertz CT molecular complexity index is 666. The van der Waals surface area contributed by atoms with Crippen molar-refractivity contribution in [2.75, 3.05) is 11.1 Å². The lowest BCUT2D eigenvalue weighted by atomic mass is 10.3. The van der Waals surface area contributed by atoms with Crippen LogP contribution >= 0.6 is 46.3 Å². The van der Waals surface area contributed by atoms with Crippen LogP contribution in [0.4, 0.5) is 5.13 Å². The first kappa shape index (κ1) is 17.3. The van der Waals surface area contributed by atoms with Crippen molar-refractivity contribution in [3.8, 4) is 5.75 Å². The maximum absolute atomic E-state index is 12.1. The summed E-state index contributed by atoms with van der Waals surface area (Å²) < 4.78 is 6.35. The molecule has 0 aliphatic rings. The van der Waals surface area contributed by atoms with Crippen LogP contribution in [-0.4, -0.2) is 28.0 Å². The third kappa shape index (κ3) is 4.49. The summed E-state index contributed by atoms with van der Waals surface area (Å²) in [5.41, 5.74) is 0. The van der Waals surface area contributed by atoms with Gasteiger partial charge in [-0.25, -0.2) is 0 Å². The zero-order valence-electron chi connectivity index (χ0n) is 11.8. The van der Waals surface area contributed by atoms with Crippen LogP contribution in [0.15, 0.2) is 22.5 Å². The fourth-order valence-electron chi connectivity index (χ4n) is 1.47. The molecular weight excluding hydrogens is 365 g/mol. The third-order valence-electron chi connectivity index (χ3n) is 2.49. The predicted octanol–water partition coefficient (Wildman–Crippen LogP) is 4.36. The molecule has 2 rings (SSSR count). The van der Waals surface area contributed by atoms with Crippen LogP contribution in [-0.2, 0) is 4.79 Å². The van der Waals surface area contributed by atoms with Crippen molar-refractivity contribution in [2.45, 2.75) is 24.3 Å². The quantitative estimate of drug-likeness (QED) is 0.598. The van der Waals surface area contributed by atoms with Crippen LogP contribution in [0.1, 0.15) is 13.8 Å². The van der Waals surface area contributed by atoms with Gasteiger partial charge in [0.25, 0.3) is 5.91 Å². The molecule has 1 atom stereocenters. The second kappa shape index (κ2) is 8.01. The van der Waals surface area contributed by atoms with Gasteiger partial charge in [-0.1, -0.05) is 59.3 Å². The molecule has 0 fully saturated rings. The Morgan fingerprint density at radius 1 is 1.45 bits per heavy atom. The summed E-state index contributed by atoms with van der Waals surface area (Å²) >= 11 is 14.8. The van der Waals surface area contributed by atoms with Gasteiger partial charge in [0.2, 0.25) is 5.13 Å². The number of aromatic nitrogens is 2. The summed E-state index contributed by atoms with van der Waals surface area (Å²) in [4.78, 5) is 12.1. The van der Waals surface area contributed by atoms with E-state index in [2.05, 4.69) is 15.5 Å². The molecule has 0 aliphatic heterocycles. The molecule has 1 N–H and O–H groups in total. The van der Waals surface area contributed by atoms with E-state index in [1.54, 1.807) is 36.9 Å². The highest BCUT2D eigenvalue weighted by atomic mass is 35.5. The number of rotatable bonds is 6. The van der Waals surface area contributed by atoms with E-state index in [4.69, 9.17) is 27.9 Å². The summed E-state index contributed by atoms with van der Waals surface area (Å²) in [5.74, 6) is 0.923. The van der Waals surface area contributed by atoms with Crippen molar-refractivity contribution < 1.29 is 9.53 Å². The minimum Gasteiger partial charge on any atom is -0.479 e. The smallest absolute Gasteiger partial charge is 0.266 e. The van der Waals surface area contributed by atoms with Gasteiger partial charge in [0.15, 0.2) is 10.4 Å². The SMILES string of the molecule is CCSc1nnc(NC(=O)C(C)Oc2cccc(Cl)c2Cl)s1. The van der Waals surface area contributed by atoms with Gasteiger partial charge in [-0.15, -0.1) is 10.2 Å². The Balaban J connectivity index is 1.98. The van der Waals surface area contributed by atoms with E-state index in [0.29, 0.717) is 15.9 Å². The lowest BCUT2D eigenvalue weighted by Gasteiger charge is -2.14. The highest BCUT2D eigenvalue weighted by Gasteiger charge is 2.18. The summed E-state index contributed by atoms with van der Waals surface area (Å²) in [6.07, 6.45) is -0.748. The molecule has 0 radical (unpaired) electrons. The normalized spacial score (nSPS) is 12.0. The molecule has 118 valence electrons. The number of anilines is 1. The highest BCUT2D eigenvalue weighted by Crippen LogP contribution is 2.32. The highest BCUT2D eigenvalue weighted by molar-refractivity contribution is 8.01. The number of nitrogens with zero attached hydrogens (tertiary/aromatic N) is 2. The number of carbonyl (C=O) groups is 1. The number of amides is 1. The fraction of sp³-hybridized carbons (Fsp3) is 0.308. The van der Waals surface area contributed by atoms with Crippen molar-refractivity contribution >= 4 is 57.3 Å². The Morgan fingerprint density at radius 3 is 2.95 bits per heavy atom. The standard InChI is InChI=1S/C13H13Cl2N3O2S2/c1-3-21-13-18-17-12(22-13)16-11(19)7(2)20-9-6-4-5-8(14)10(9)15/h4-7H,3H2,1-2H3,(H,16,17,19). The zero-order valence-corrected chi connectivity index (χ0v) is 14.9. The van der Waals surface area contributed by atoms with Crippen molar-refractivity contribution in [3.05, 3.63) is 28.2 Å². The first-order valence-electron chi connectivity index (χ1n) is 6.39. The number of nitrogens with one attached hydrogen (secondary N) is 1.